The molecule has 0 bridgehead atoms. The van der Waals surface area contributed by atoms with Crippen LogP contribution in [0.1, 0.15) is 33.2 Å². The number of carboxylic acid groups (broad SMARTS) is 1. The highest BCUT2D eigenvalue weighted by Gasteiger charge is 2.13. The third-order valence-electron chi connectivity index (χ3n) is 2.05. The molecule has 0 aliphatic carbocycles. The molecule has 6 heteroatoms. The van der Waals surface area contributed by atoms with Gasteiger partial charge in [0.2, 0.25) is 5.91 Å². The normalized spacial score (nSPS) is 9.94. The zero-order valence-electron chi connectivity index (χ0n) is 9.52. The van der Waals surface area contributed by atoms with Crippen molar-refractivity contribution in [2.24, 2.45) is 0 Å². The van der Waals surface area contributed by atoms with Gasteiger partial charge in [-0.3, -0.25) is 4.79 Å². The van der Waals surface area contributed by atoms with Crippen molar-refractivity contribution < 1.29 is 14.7 Å². The molecule has 0 unspecified atom stereocenters. The van der Waals surface area contributed by atoms with Crippen molar-refractivity contribution in [3.63, 3.8) is 0 Å². The number of thiazole rings is 1. The van der Waals surface area contributed by atoms with E-state index in [1.807, 2.05) is 0 Å². The van der Waals surface area contributed by atoms with Gasteiger partial charge in [0.05, 0.1) is 12.2 Å². The highest BCUT2D eigenvalue weighted by molar-refractivity contribution is 7.13. The summed E-state index contributed by atoms with van der Waals surface area (Å²) < 4.78 is 0. The van der Waals surface area contributed by atoms with Gasteiger partial charge in [0.15, 0.2) is 0 Å². The van der Waals surface area contributed by atoms with Crippen molar-refractivity contribution >= 4 is 23.2 Å². The van der Waals surface area contributed by atoms with Crippen molar-refractivity contribution in [3.05, 3.63) is 28.2 Å². The lowest BCUT2D eigenvalue weighted by Gasteiger charge is -2.00. The molecule has 1 heterocycles. The molecule has 0 atom stereocenters. The predicted molar refractivity (Wildman–Crippen MR) is 65.1 cm³/mol. The molecule has 1 aromatic heterocycles. The van der Waals surface area contributed by atoms with Crippen molar-refractivity contribution in [1.29, 1.82) is 0 Å². The van der Waals surface area contributed by atoms with Crippen LogP contribution in [-0.4, -0.2) is 22.0 Å². The second-order valence-electron chi connectivity index (χ2n) is 3.43. The average Bonchev–Trinajstić information content (AvgIpc) is 2.65. The lowest BCUT2D eigenvalue weighted by molar-refractivity contribution is -0.121. The van der Waals surface area contributed by atoms with Gasteiger partial charge in [-0.2, -0.15) is 0 Å². The van der Waals surface area contributed by atoms with Crippen LogP contribution in [0, 0.1) is 6.92 Å². The van der Waals surface area contributed by atoms with E-state index in [0.29, 0.717) is 23.5 Å². The van der Waals surface area contributed by atoms with E-state index in [-0.39, 0.29) is 17.3 Å². The van der Waals surface area contributed by atoms with Gasteiger partial charge in [-0.25, -0.2) is 9.78 Å². The highest BCUT2D eigenvalue weighted by atomic mass is 32.1. The third-order valence-corrected chi connectivity index (χ3v) is 3.19. The molecule has 1 rings (SSSR count). The largest absolute Gasteiger partial charge is 0.477 e. The first kappa shape index (κ1) is 13.4. The van der Waals surface area contributed by atoms with Crippen LogP contribution in [0.15, 0.2) is 12.7 Å². The summed E-state index contributed by atoms with van der Waals surface area (Å²) in [6.07, 6.45) is 2.69. The Bertz CT molecular complexity index is 440. The van der Waals surface area contributed by atoms with Crippen LogP contribution < -0.4 is 5.32 Å². The van der Waals surface area contributed by atoms with Crippen molar-refractivity contribution in [3.8, 4) is 0 Å². The first-order valence-corrected chi connectivity index (χ1v) is 5.93. The van der Waals surface area contributed by atoms with Gasteiger partial charge in [-0.05, 0) is 13.3 Å². The molecule has 2 N–H and O–H groups in total. The Morgan fingerprint density at radius 3 is 2.82 bits per heavy atom. The molecule has 0 spiro atoms. The Balaban J connectivity index is 2.52. The predicted octanol–water partition coefficient (Wildman–Crippen LogP) is 1.73. The second-order valence-corrected chi connectivity index (χ2v) is 4.51. The van der Waals surface area contributed by atoms with E-state index >= 15 is 0 Å². The number of carbonyl (C=O) groups excluding carboxylic acids is 1. The quantitative estimate of drug-likeness (QED) is 0.758. The Morgan fingerprint density at radius 2 is 2.29 bits per heavy atom. The number of nitrogens with one attached hydrogen (secondary N) is 1. The zero-order valence-corrected chi connectivity index (χ0v) is 10.3. The average molecular weight is 254 g/mol. The lowest BCUT2D eigenvalue weighted by atomic mass is 10.3. The first-order chi connectivity index (χ1) is 8.04. The highest BCUT2D eigenvalue weighted by Crippen LogP contribution is 2.17. The molecule has 92 valence electrons. The third kappa shape index (κ3) is 3.99. The van der Waals surface area contributed by atoms with E-state index in [0.717, 1.165) is 11.3 Å². The molecule has 5 nitrogen and oxygen atoms in total. The molecule has 1 aromatic rings. The topological polar surface area (TPSA) is 79.3 Å². The number of aromatic carboxylic acids is 1. The summed E-state index contributed by atoms with van der Waals surface area (Å²) in [6, 6.07) is 0. The van der Waals surface area contributed by atoms with Crippen LogP contribution in [0.2, 0.25) is 0 Å². The van der Waals surface area contributed by atoms with Crippen molar-refractivity contribution in [2.45, 2.75) is 26.3 Å². The van der Waals surface area contributed by atoms with Gasteiger partial charge >= 0.3 is 5.97 Å². The summed E-state index contributed by atoms with van der Waals surface area (Å²) >= 11 is 1.09. The molecule has 0 fully saturated rings. The number of aryl methyl sites for hydroxylation is 1. The fourth-order valence-corrected chi connectivity index (χ4v) is 2.07. The second kappa shape index (κ2) is 6.15. The van der Waals surface area contributed by atoms with Gasteiger partial charge in [0.25, 0.3) is 0 Å². The van der Waals surface area contributed by atoms with E-state index in [4.69, 9.17) is 5.11 Å². The molecular weight excluding hydrogens is 240 g/mol. The minimum atomic E-state index is -0.982. The number of amides is 1. The maximum Gasteiger partial charge on any atom is 0.347 e. The number of hydrogen-bond acceptors (Lipinski definition) is 4. The number of hydrogen-bond donors (Lipinski definition) is 2. The maximum atomic E-state index is 11.3. The molecule has 17 heavy (non-hydrogen) atoms. The van der Waals surface area contributed by atoms with Gasteiger partial charge in [0, 0.05) is 6.42 Å². The number of nitrogens with zero attached hydrogens (tertiary/aromatic N) is 1. The zero-order chi connectivity index (χ0) is 12.8. The van der Waals surface area contributed by atoms with E-state index in [1.165, 1.54) is 0 Å². The molecule has 0 saturated carbocycles. The molecule has 0 aliphatic rings. The molecule has 0 aliphatic heterocycles. The van der Waals surface area contributed by atoms with E-state index in [1.54, 1.807) is 13.0 Å². The SMILES string of the molecule is C=CCCC(=O)NCc1nc(C)c(C(=O)O)s1. The van der Waals surface area contributed by atoms with E-state index in [2.05, 4.69) is 16.9 Å². The monoisotopic (exact) mass is 254 g/mol. The first-order valence-electron chi connectivity index (χ1n) is 5.11. The minimum absolute atomic E-state index is 0.0883. The Morgan fingerprint density at radius 1 is 1.59 bits per heavy atom. The van der Waals surface area contributed by atoms with Crippen LogP contribution >= 0.6 is 11.3 Å². The molecule has 1 amide bonds. The lowest BCUT2D eigenvalue weighted by Crippen LogP contribution is -2.22. The summed E-state index contributed by atoms with van der Waals surface area (Å²) in [6.45, 7) is 5.44. The summed E-state index contributed by atoms with van der Waals surface area (Å²) in [5.41, 5.74) is 0.484. The van der Waals surface area contributed by atoms with Crippen molar-refractivity contribution in [2.75, 3.05) is 0 Å². The summed E-state index contributed by atoms with van der Waals surface area (Å²) in [5, 5.41) is 12.1. The van der Waals surface area contributed by atoms with Gasteiger partial charge in [0.1, 0.15) is 9.88 Å². The fourth-order valence-electron chi connectivity index (χ4n) is 1.22. The van der Waals surface area contributed by atoms with Gasteiger partial charge in [-0.15, -0.1) is 17.9 Å². The summed E-state index contributed by atoms with van der Waals surface area (Å²) in [7, 11) is 0. The Labute approximate surface area is 103 Å². The standard InChI is InChI=1S/C11H14N2O3S/c1-3-4-5-8(14)12-6-9-13-7(2)10(17-9)11(15)16/h3H,1,4-6H2,2H3,(H,12,14)(H,15,16). The van der Waals surface area contributed by atoms with Crippen LogP contribution in [0.5, 0.6) is 0 Å². The van der Waals surface area contributed by atoms with E-state index in [9.17, 15) is 9.59 Å². The number of carboxylic acids is 1. The van der Waals surface area contributed by atoms with Crippen LogP contribution in [0.3, 0.4) is 0 Å². The Hall–Kier alpha value is -1.69. The Kier molecular flexibility index (Phi) is 4.84. The summed E-state index contributed by atoms with van der Waals surface area (Å²) in [4.78, 5) is 26.4. The molecule has 0 saturated heterocycles. The molecule has 0 radical (unpaired) electrons. The minimum Gasteiger partial charge on any atom is -0.477 e. The number of allylic oxidation sites excluding steroid dienone is 1. The fraction of sp³-hybridized carbons (Fsp3) is 0.364. The number of carbonyl (C=O) groups is 2. The van der Waals surface area contributed by atoms with Crippen molar-refractivity contribution in [1.82, 2.24) is 10.3 Å². The smallest absolute Gasteiger partial charge is 0.347 e. The summed E-state index contributed by atoms with van der Waals surface area (Å²) in [5.74, 6) is -1.07. The number of rotatable bonds is 6. The number of aromatic nitrogens is 1. The van der Waals surface area contributed by atoms with E-state index < -0.39 is 5.97 Å². The maximum absolute atomic E-state index is 11.3. The molecule has 0 aromatic carbocycles. The van der Waals surface area contributed by atoms with Gasteiger partial charge < -0.3 is 10.4 Å². The van der Waals surface area contributed by atoms with Crippen LogP contribution in [-0.2, 0) is 11.3 Å². The van der Waals surface area contributed by atoms with Crippen LogP contribution in [0.4, 0.5) is 0 Å². The van der Waals surface area contributed by atoms with Gasteiger partial charge in [-0.1, -0.05) is 6.08 Å². The molecular formula is C11H14N2O3S. The van der Waals surface area contributed by atoms with Crippen LogP contribution in [0.25, 0.3) is 0 Å².